The molecule has 1 aromatic carbocycles. The first-order chi connectivity index (χ1) is 9.42. The number of alkyl halides is 3. The topological polar surface area (TPSA) is 0 Å². The Morgan fingerprint density at radius 1 is 1.10 bits per heavy atom. The highest BCUT2D eigenvalue weighted by molar-refractivity contribution is 5.65. The first-order valence-corrected chi connectivity index (χ1v) is 7.03. The molecule has 0 aromatic heterocycles. The maximum Gasteiger partial charge on any atom is 0.416 e. The van der Waals surface area contributed by atoms with Gasteiger partial charge in [0.2, 0.25) is 0 Å². The minimum Gasteiger partial charge on any atom is -0.166 e. The van der Waals surface area contributed by atoms with Crippen LogP contribution in [0.15, 0.2) is 36.1 Å². The van der Waals surface area contributed by atoms with Crippen LogP contribution < -0.4 is 0 Å². The van der Waals surface area contributed by atoms with Crippen LogP contribution in [0.25, 0.3) is 5.57 Å². The largest absolute Gasteiger partial charge is 0.416 e. The van der Waals surface area contributed by atoms with Crippen molar-refractivity contribution in [1.82, 2.24) is 0 Å². The van der Waals surface area contributed by atoms with Crippen LogP contribution in [0, 0.1) is 6.92 Å². The molecule has 0 aliphatic rings. The van der Waals surface area contributed by atoms with Gasteiger partial charge in [-0.15, -0.1) is 5.73 Å². The van der Waals surface area contributed by atoms with Crippen molar-refractivity contribution in [3.63, 3.8) is 0 Å². The van der Waals surface area contributed by atoms with E-state index in [4.69, 9.17) is 0 Å². The van der Waals surface area contributed by atoms with Crippen molar-refractivity contribution in [1.29, 1.82) is 0 Å². The molecule has 0 nitrogen and oxygen atoms in total. The van der Waals surface area contributed by atoms with Gasteiger partial charge >= 0.3 is 6.18 Å². The van der Waals surface area contributed by atoms with Crippen molar-refractivity contribution in [2.24, 2.45) is 0 Å². The monoisotopic (exact) mass is 282 g/mol. The van der Waals surface area contributed by atoms with E-state index in [1.807, 2.05) is 31.2 Å². The average Bonchev–Trinajstić information content (AvgIpc) is 2.38. The predicted octanol–water partition coefficient (Wildman–Crippen LogP) is 6.07. The molecule has 1 rings (SSSR count). The Morgan fingerprint density at radius 3 is 2.30 bits per heavy atom. The van der Waals surface area contributed by atoms with Crippen LogP contribution in [0.2, 0.25) is 0 Å². The fourth-order valence-electron chi connectivity index (χ4n) is 1.95. The summed E-state index contributed by atoms with van der Waals surface area (Å²) in [5.74, 6) is 0. The molecule has 0 heterocycles. The predicted molar refractivity (Wildman–Crippen MR) is 77.5 cm³/mol. The summed E-state index contributed by atoms with van der Waals surface area (Å²) in [5, 5.41) is 0. The number of aryl methyl sites for hydroxylation is 1. The zero-order chi connectivity index (χ0) is 15.0. The number of hydrogen-bond acceptors (Lipinski definition) is 0. The average molecular weight is 282 g/mol. The summed E-state index contributed by atoms with van der Waals surface area (Å²) in [7, 11) is 0. The Hall–Kier alpha value is -1.47. The van der Waals surface area contributed by atoms with Gasteiger partial charge in [0, 0.05) is 5.57 Å². The van der Waals surface area contributed by atoms with E-state index in [1.54, 1.807) is 0 Å². The second-order valence-electron chi connectivity index (χ2n) is 4.99. The molecule has 0 aliphatic heterocycles. The van der Waals surface area contributed by atoms with E-state index in [1.165, 1.54) is 0 Å². The van der Waals surface area contributed by atoms with E-state index in [0.29, 0.717) is 12.0 Å². The molecule has 0 bridgehead atoms. The Morgan fingerprint density at radius 2 is 1.75 bits per heavy atom. The molecule has 0 spiro atoms. The van der Waals surface area contributed by atoms with Gasteiger partial charge in [0.1, 0.15) is 0 Å². The smallest absolute Gasteiger partial charge is 0.166 e. The Balaban J connectivity index is 2.90. The standard InChI is InChI=1S/C17H21F3/c1-3-4-5-6-7-15(12-13-17(18,19)20)16-10-8-14(2)9-11-16/h8-11,13H,3-7H2,1-2H3. The molecule has 0 fully saturated rings. The molecule has 0 amide bonds. The molecule has 0 saturated carbocycles. The lowest BCUT2D eigenvalue weighted by atomic mass is 9.99. The zero-order valence-corrected chi connectivity index (χ0v) is 12.1. The second kappa shape index (κ2) is 7.96. The van der Waals surface area contributed by atoms with Crippen LogP contribution in [-0.4, -0.2) is 6.18 Å². The number of unbranched alkanes of at least 4 members (excludes halogenated alkanes) is 3. The molecule has 20 heavy (non-hydrogen) atoms. The summed E-state index contributed by atoms with van der Waals surface area (Å²) in [6.07, 6.45) is 0.707. The quantitative estimate of drug-likeness (QED) is 0.439. The lowest BCUT2D eigenvalue weighted by Gasteiger charge is -2.06. The lowest BCUT2D eigenvalue weighted by molar-refractivity contribution is -0.0796. The summed E-state index contributed by atoms with van der Waals surface area (Å²) in [6.45, 7) is 4.07. The first kappa shape index (κ1) is 16.6. The minimum atomic E-state index is -4.31. The number of halogens is 3. The van der Waals surface area contributed by atoms with Crippen LogP contribution in [0.3, 0.4) is 0 Å². The molecule has 0 atom stereocenters. The van der Waals surface area contributed by atoms with E-state index in [9.17, 15) is 13.2 Å². The van der Waals surface area contributed by atoms with E-state index >= 15 is 0 Å². The van der Waals surface area contributed by atoms with E-state index < -0.39 is 6.18 Å². The SMILES string of the molecule is CCCCCCC(=C=CC(F)(F)F)c1ccc(C)cc1. The molecule has 0 saturated heterocycles. The molecule has 1 aromatic rings. The van der Waals surface area contributed by atoms with Gasteiger partial charge < -0.3 is 0 Å². The third-order valence-corrected chi connectivity index (χ3v) is 3.09. The number of allylic oxidation sites excluding steroid dienone is 1. The molecule has 0 N–H and O–H groups in total. The maximum absolute atomic E-state index is 12.3. The summed E-state index contributed by atoms with van der Waals surface area (Å²) < 4.78 is 36.9. The molecule has 110 valence electrons. The summed E-state index contributed by atoms with van der Waals surface area (Å²) in [4.78, 5) is 0. The Kier molecular flexibility index (Phi) is 6.60. The third-order valence-electron chi connectivity index (χ3n) is 3.09. The lowest BCUT2D eigenvalue weighted by Crippen LogP contribution is -1.99. The van der Waals surface area contributed by atoms with Crippen LogP contribution in [-0.2, 0) is 0 Å². The Bertz CT molecular complexity index is 460. The van der Waals surface area contributed by atoms with Gasteiger partial charge in [-0.2, -0.15) is 13.2 Å². The van der Waals surface area contributed by atoms with Gasteiger partial charge in [0.15, 0.2) is 0 Å². The highest BCUT2D eigenvalue weighted by Crippen LogP contribution is 2.23. The molecule has 0 aliphatic carbocycles. The van der Waals surface area contributed by atoms with Gasteiger partial charge in [-0.3, -0.25) is 0 Å². The van der Waals surface area contributed by atoms with E-state index in [0.717, 1.165) is 36.8 Å². The van der Waals surface area contributed by atoms with Crippen LogP contribution in [0.4, 0.5) is 13.2 Å². The normalized spacial score (nSPS) is 11.1. The van der Waals surface area contributed by atoms with Gasteiger partial charge in [-0.1, -0.05) is 56.0 Å². The van der Waals surface area contributed by atoms with Crippen molar-refractivity contribution in [2.75, 3.05) is 0 Å². The van der Waals surface area contributed by atoms with E-state index in [2.05, 4.69) is 12.7 Å². The molecular weight excluding hydrogens is 261 g/mol. The number of rotatable bonds is 6. The van der Waals surface area contributed by atoms with Crippen molar-refractivity contribution in [3.8, 4) is 0 Å². The van der Waals surface area contributed by atoms with Gasteiger partial charge in [0.05, 0.1) is 6.08 Å². The molecule has 0 radical (unpaired) electrons. The fraction of sp³-hybridized carbons (Fsp3) is 0.471. The van der Waals surface area contributed by atoms with E-state index in [-0.39, 0.29) is 6.08 Å². The number of benzene rings is 1. The van der Waals surface area contributed by atoms with Gasteiger partial charge in [-0.05, 0) is 25.3 Å². The molecule has 0 unspecified atom stereocenters. The van der Waals surface area contributed by atoms with Gasteiger partial charge in [-0.25, -0.2) is 0 Å². The van der Waals surface area contributed by atoms with Crippen LogP contribution in [0.5, 0.6) is 0 Å². The first-order valence-electron chi connectivity index (χ1n) is 7.03. The fourth-order valence-corrected chi connectivity index (χ4v) is 1.95. The van der Waals surface area contributed by atoms with Crippen molar-refractivity contribution >= 4 is 5.57 Å². The summed E-state index contributed by atoms with van der Waals surface area (Å²) in [6, 6.07) is 7.55. The van der Waals surface area contributed by atoms with Gasteiger partial charge in [0.25, 0.3) is 0 Å². The molecular formula is C17H21F3. The van der Waals surface area contributed by atoms with Crippen molar-refractivity contribution < 1.29 is 13.2 Å². The number of hydrogen-bond donors (Lipinski definition) is 0. The summed E-state index contributed by atoms with van der Waals surface area (Å²) in [5.41, 5.74) is 5.00. The summed E-state index contributed by atoms with van der Waals surface area (Å²) >= 11 is 0. The van der Waals surface area contributed by atoms with Crippen LogP contribution >= 0.6 is 0 Å². The minimum absolute atomic E-state index is 0.210. The Labute approximate surface area is 119 Å². The highest BCUT2D eigenvalue weighted by atomic mass is 19.4. The molecule has 3 heteroatoms. The second-order valence-corrected chi connectivity index (χ2v) is 4.99. The van der Waals surface area contributed by atoms with Crippen LogP contribution in [0.1, 0.15) is 50.2 Å². The maximum atomic E-state index is 12.3. The van der Waals surface area contributed by atoms with Crippen molar-refractivity contribution in [2.45, 2.75) is 52.1 Å². The van der Waals surface area contributed by atoms with Crippen molar-refractivity contribution in [3.05, 3.63) is 47.2 Å². The third kappa shape index (κ3) is 6.63. The highest BCUT2D eigenvalue weighted by Gasteiger charge is 2.22. The zero-order valence-electron chi connectivity index (χ0n) is 12.1.